The Kier molecular flexibility index (Phi) is 9.93. The first-order valence-electron chi connectivity index (χ1n) is 15.9. The van der Waals surface area contributed by atoms with Crippen LogP contribution in [0.2, 0.25) is 0 Å². The Morgan fingerprint density at radius 2 is 1.81 bits per heavy atom. The molecule has 1 N–H and O–H groups in total. The number of benzene rings is 2. The molecule has 1 aliphatic carbocycles. The number of carbonyl (C=O) groups excluding carboxylic acids is 3. The molecule has 250 valence electrons. The summed E-state index contributed by atoms with van der Waals surface area (Å²) in [5.41, 5.74) is 3.50. The smallest absolute Gasteiger partial charge is 0.410 e. The number of H-pyrrole nitrogens is 1. The molecule has 2 heterocycles. The van der Waals surface area contributed by atoms with Crippen LogP contribution in [0.4, 0.5) is 4.79 Å². The van der Waals surface area contributed by atoms with E-state index in [9.17, 15) is 14.4 Å². The van der Waals surface area contributed by atoms with E-state index in [-0.39, 0.29) is 24.8 Å². The molecule has 1 aliphatic heterocycles. The fourth-order valence-electron chi connectivity index (χ4n) is 6.08. The zero-order chi connectivity index (χ0) is 33.9. The molecule has 2 aliphatic rings. The molecule has 3 amide bonds. The van der Waals surface area contributed by atoms with Gasteiger partial charge in [0.25, 0.3) is 5.91 Å². The van der Waals surface area contributed by atoms with Gasteiger partial charge in [-0.05, 0) is 69.4 Å². The third kappa shape index (κ3) is 7.29. The molecule has 0 saturated carbocycles. The number of imidazole rings is 1. The van der Waals surface area contributed by atoms with Crippen molar-refractivity contribution < 1.29 is 33.3 Å². The van der Waals surface area contributed by atoms with Gasteiger partial charge in [0.15, 0.2) is 5.76 Å². The normalized spacial score (nSPS) is 16.6. The number of amides is 3. The summed E-state index contributed by atoms with van der Waals surface area (Å²) in [5.74, 6) is 2.27. The molecule has 47 heavy (non-hydrogen) atoms. The predicted molar refractivity (Wildman–Crippen MR) is 178 cm³/mol. The van der Waals surface area contributed by atoms with Gasteiger partial charge in [0.05, 0.1) is 44.4 Å². The Balaban J connectivity index is 1.32. The average Bonchev–Trinajstić information content (AvgIpc) is 3.47. The zero-order valence-electron chi connectivity index (χ0n) is 28.3. The molecular formula is C36H44N4O7. The van der Waals surface area contributed by atoms with Gasteiger partial charge in [0.1, 0.15) is 28.5 Å². The summed E-state index contributed by atoms with van der Waals surface area (Å²) < 4.78 is 22.2. The van der Waals surface area contributed by atoms with E-state index in [0.717, 1.165) is 16.9 Å². The van der Waals surface area contributed by atoms with E-state index in [1.165, 1.54) is 4.90 Å². The Morgan fingerprint density at radius 1 is 1.04 bits per heavy atom. The van der Waals surface area contributed by atoms with Crippen LogP contribution in [0.15, 0.2) is 59.6 Å². The van der Waals surface area contributed by atoms with E-state index in [1.54, 1.807) is 32.3 Å². The Hall–Kier alpha value is -4.80. The van der Waals surface area contributed by atoms with Crippen molar-refractivity contribution in [1.29, 1.82) is 0 Å². The van der Waals surface area contributed by atoms with Crippen LogP contribution in [-0.4, -0.2) is 84.2 Å². The fraction of sp³-hybridized carbons (Fsp3) is 0.444. The Morgan fingerprint density at radius 3 is 2.51 bits per heavy atom. The van der Waals surface area contributed by atoms with E-state index < -0.39 is 17.6 Å². The quantitative estimate of drug-likeness (QED) is 0.243. The average molecular weight is 645 g/mol. The van der Waals surface area contributed by atoms with Gasteiger partial charge in [-0.15, -0.1) is 0 Å². The summed E-state index contributed by atoms with van der Waals surface area (Å²) in [5, 5.41) is 0. The van der Waals surface area contributed by atoms with Gasteiger partial charge in [0.2, 0.25) is 5.91 Å². The molecule has 0 bridgehead atoms. The van der Waals surface area contributed by atoms with Gasteiger partial charge in [-0.25, -0.2) is 9.78 Å². The van der Waals surface area contributed by atoms with Gasteiger partial charge in [0, 0.05) is 26.1 Å². The van der Waals surface area contributed by atoms with Crippen LogP contribution in [0.1, 0.15) is 62.9 Å². The minimum Gasteiger partial charge on any atom is -0.497 e. The maximum atomic E-state index is 13.9. The van der Waals surface area contributed by atoms with Crippen molar-refractivity contribution >= 4 is 28.9 Å². The second-order valence-corrected chi connectivity index (χ2v) is 12.9. The van der Waals surface area contributed by atoms with Crippen molar-refractivity contribution in [2.24, 2.45) is 5.92 Å². The lowest BCUT2D eigenvalue weighted by molar-refractivity contribution is -0.128. The molecule has 1 unspecified atom stereocenters. The van der Waals surface area contributed by atoms with Gasteiger partial charge < -0.3 is 28.8 Å². The summed E-state index contributed by atoms with van der Waals surface area (Å²) in [6, 6.07) is 11.2. The number of methoxy groups -OCH3 is 3. The van der Waals surface area contributed by atoms with Crippen molar-refractivity contribution in [1.82, 2.24) is 19.8 Å². The minimum absolute atomic E-state index is 0.0918. The number of aromatic nitrogens is 2. The monoisotopic (exact) mass is 644 g/mol. The molecular weight excluding hydrogens is 600 g/mol. The van der Waals surface area contributed by atoms with Crippen molar-refractivity contribution in [2.45, 2.75) is 59.0 Å². The maximum absolute atomic E-state index is 13.9. The molecule has 0 radical (unpaired) electrons. The molecule has 0 spiro atoms. The molecule has 3 aromatic rings. The number of nitrogens with zero attached hydrogens (tertiary/aromatic N) is 3. The first-order valence-corrected chi connectivity index (χ1v) is 15.9. The van der Waals surface area contributed by atoms with Crippen molar-refractivity contribution in [3.8, 4) is 17.1 Å². The molecule has 2 aromatic carbocycles. The Bertz CT molecular complexity index is 1730. The maximum Gasteiger partial charge on any atom is 0.410 e. The summed E-state index contributed by atoms with van der Waals surface area (Å²) in [7, 11) is 4.85. The highest BCUT2D eigenvalue weighted by molar-refractivity contribution is 6.15. The van der Waals surface area contributed by atoms with Gasteiger partial charge in [-0.3, -0.25) is 14.5 Å². The van der Waals surface area contributed by atoms with E-state index in [4.69, 9.17) is 23.9 Å². The van der Waals surface area contributed by atoms with Gasteiger partial charge in [-0.1, -0.05) is 30.7 Å². The summed E-state index contributed by atoms with van der Waals surface area (Å²) in [6.45, 7) is 8.48. The number of nitrogens with one attached hydrogen (secondary N) is 1. The number of fused-ring (bicyclic) bond motifs is 3. The zero-order valence-corrected chi connectivity index (χ0v) is 28.3. The number of allylic oxidation sites excluding steroid dienone is 2. The van der Waals surface area contributed by atoms with Crippen LogP contribution < -0.4 is 4.74 Å². The molecule has 11 heteroatoms. The van der Waals surface area contributed by atoms with E-state index in [1.807, 2.05) is 57.2 Å². The first-order chi connectivity index (χ1) is 22.4. The van der Waals surface area contributed by atoms with Crippen LogP contribution in [0.5, 0.6) is 5.75 Å². The highest BCUT2D eigenvalue weighted by Crippen LogP contribution is 2.34. The van der Waals surface area contributed by atoms with Crippen LogP contribution in [0.3, 0.4) is 0 Å². The third-order valence-electron chi connectivity index (χ3n) is 8.52. The number of hydrogen-bond acceptors (Lipinski definition) is 8. The van der Waals surface area contributed by atoms with E-state index >= 15 is 0 Å². The van der Waals surface area contributed by atoms with Crippen LogP contribution in [0.25, 0.3) is 22.4 Å². The largest absolute Gasteiger partial charge is 0.497 e. The molecule has 11 nitrogen and oxygen atoms in total. The SMILES string of the molecule is COC1=C(OC)CC(C)C(CCN(CCCN2C(=O)Cc3ccc4[nH]c(-c5ccccc5OC)nc4c3C2=O)C(=O)OC(C)(C)C)=C1. The number of imide groups is 1. The Labute approximate surface area is 275 Å². The van der Waals surface area contributed by atoms with Crippen molar-refractivity contribution in [3.05, 3.63) is 70.7 Å². The third-order valence-corrected chi connectivity index (χ3v) is 8.52. The fourth-order valence-corrected chi connectivity index (χ4v) is 6.08. The molecule has 5 rings (SSSR count). The van der Waals surface area contributed by atoms with Crippen LogP contribution in [0, 0.1) is 5.92 Å². The second kappa shape index (κ2) is 13.9. The minimum atomic E-state index is -0.674. The number of para-hydroxylation sites is 1. The number of carbonyl (C=O) groups is 3. The number of aromatic amines is 1. The number of rotatable bonds is 11. The summed E-state index contributed by atoms with van der Waals surface area (Å²) in [4.78, 5) is 51.4. The lowest BCUT2D eigenvalue weighted by Crippen LogP contribution is -2.44. The lowest BCUT2D eigenvalue weighted by Gasteiger charge is -2.31. The standard InChI is InChI=1S/C36H44N4O7/c1-22-19-28(45-6)29(46-7)20-23(22)15-18-39(35(43)47-36(2,3)4)16-10-17-40-30(41)21-24-13-14-26-32(31(24)34(40)42)38-33(37-26)25-11-8-9-12-27(25)44-5/h8-9,11-14,20,22H,10,15-19,21H2,1-7H3,(H,37,38). The van der Waals surface area contributed by atoms with Crippen molar-refractivity contribution in [2.75, 3.05) is 41.0 Å². The van der Waals surface area contributed by atoms with Crippen LogP contribution in [-0.2, 0) is 25.4 Å². The number of hydrogen-bond donors (Lipinski definition) is 1. The molecule has 1 atom stereocenters. The predicted octanol–water partition coefficient (Wildman–Crippen LogP) is 6.25. The lowest BCUT2D eigenvalue weighted by atomic mass is 9.89. The summed E-state index contributed by atoms with van der Waals surface area (Å²) in [6.07, 6.45) is 3.35. The first kappa shape index (κ1) is 33.6. The topological polar surface area (TPSA) is 123 Å². The number of ether oxygens (including phenoxy) is 4. The highest BCUT2D eigenvalue weighted by Gasteiger charge is 2.34. The van der Waals surface area contributed by atoms with E-state index in [0.29, 0.717) is 71.8 Å². The molecule has 1 aromatic heterocycles. The second-order valence-electron chi connectivity index (χ2n) is 12.9. The van der Waals surface area contributed by atoms with Crippen LogP contribution >= 0.6 is 0 Å². The van der Waals surface area contributed by atoms with Gasteiger partial charge in [-0.2, -0.15) is 0 Å². The van der Waals surface area contributed by atoms with Gasteiger partial charge >= 0.3 is 6.09 Å². The summed E-state index contributed by atoms with van der Waals surface area (Å²) >= 11 is 0. The van der Waals surface area contributed by atoms with E-state index in [2.05, 4.69) is 11.9 Å². The highest BCUT2D eigenvalue weighted by atomic mass is 16.6. The molecule has 0 fully saturated rings. The van der Waals surface area contributed by atoms with Crippen molar-refractivity contribution in [3.63, 3.8) is 0 Å². The molecule has 0 saturated heterocycles.